The predicted octanol–water partition coefficient (Wildman–Crippen LogP) is 4.06. The second-order valence-corrected chi connectivity index (χ2v) is 10.1. The van der Waals surface area contributed by atoms with Gasteiger partial charge in [-0.05, 0) is 44.2 Å². The predicted molar refractivity (Wildman–Crippen MR) is 111 cm³/mol. The van der Waals surface area contributed by atoms with E-state index in [1.54, 1.807) is 24.4 Å². The molecule has 1 aromatic carbocycles. The molecular weight excluding hydrogens is 418 g/mol. The van der Waals surface area contributed by atoms with Crippen molar-refractivity contribution in [1.82, 2.24) is 15.3 Å². The maximum atomic E-state index is 12.8. The molecule has 0 saturated carbocycles. The molecule has 0 fully saturated rings. The zero-order valence-corrected chi connectivity index (χ0v) is 17.8. The highest BCUT2D eigenvalue weighted by atomic mass is 35.5. The first kappa shape index (κ1) is 20.4. The van der Waals surface area contributed by atoms with Gasteiger partial charge in [0.1, 0.15) is 0 Å². The molecule has 0 saturated heterocycles. The minimum absolute atomic E-state index is 0.0492. The van der Waals surface area contributed by atoms with Gasteiger partial charge in [-0.15, -0.1) is 11.3 Å². The Morgan fingerprint density at radius 3 is 2.50 bits per heavy atom. The number of halogens is 1. The van der Waals surface area contributed by atoms with Gasteiger partial charge in [0.15, 0.2) is 9.84 Å². The van der Waals surface area contributed by atoms with Crippen LogP contribution in [0, 0.1) is 6.92 Å². The number of rotatable bonds is 5. The Kier molecular flexibility index (Phi) is 5.83. The molecule has 9 heteroatoms. The van der Waals surface area contributed by atoms with E-state index in [1.165, 1.54) is 29.7 Å². The lowest BCUT2D eigenvalue weighted by molar-refractivity contribution is 0.0940. The molecule has 0 radical (unpaired) electrons. The van der Waals surface area contributed by atoms with Gasteiger partial charge in [0.25, 0.3) is 5.91 Å². The van der Waals surface area contributed by atoms with Crippen LogP contribution in [0.5, 0.6) is 0 Å². The molecule has 0 aliphatic carbocycles. The van der Waals surface area contributed by atoms with Crippen LogP contribution in [-0.2, 0) is 9.84 Å². The van der Waals surface area contributed by atoms with E-state index >= 15 is 0 Å². The first-order valence-corrected chi connectivity index (χ1v) is 11.4. The maximum Gasteiger partial charge on any atom is 0.251 e. The van der Waals surface area contributed by atoms with Crippen LogP contribution in [-0.4, -0.2) is 30.5 Å². The number of thiazole rings is 1. The molecule has 0 spiro atoms. The summed E-state index contributed by atoms with van der Waals surface area (Å²) in [7, 11) is -3.52. The van der Waals surface area contributed by atoms with Crippen molar-refractivity contribution in [3.63, 3.8) is 0 Å². The number of carbonyl (C=O) groups excluding carboxylic acids is 1. The molecule has 1 atom stereocenters. The number of amides is 1. The Hall–Kier alpha value is -2.29. The van der Waals surface area contributed by atoms with E-state index in [0.29, 0.717) is 16.3 Å². The van der Waals surface area contributed by atoms with Crippen molar-refractivity contribution >= 4 is 38.7 Å². The van der Waals surface area contributed by atoms with Gasteiger partial charge in [-0.3, -0.25) is 9.78 Å². The molecular formula is C19H18ClN3O3S2. The van der Waals surface area contributed by atoms with E-state index in [1.807, 2.05) is 13.8 Å². The van der Waals surface area contributed by atoms with Crippen LogP contribution in [0.25, 0.3) is 11.3 Å². The third-order valence-electron chi connectivity index (χ3n) is 4.03. The molecule has 3 aromatic rings. The molecule has 0 aliphatic rings. The number of hydrogen-bond donors (Lipinski definition) is 1. The summed E-state index contributed by atoms with van der Waals surface area (Å²) in [5.41, 5.74) is 1.28. The van der Waals surface area contributed by atoms with E-state index in [2.05, 4.69) is 15.3 Å². The topological polar surface area (TPSA) is 89.0 Å². The minimum Gasteiger partial charge on any atom is -0.345 e. The summed E-state index contributed by atoms with van der Waals surface area (Å²) < 4.78 is 24.2. The van der Waals surface area contributed by atoms with E-state index in [-0.39, 0.29) is 22.4 Å². The van der Waals surface area contributed by atoms with E-state index in [4.69, 9.17) is 11.6 Å². The molecule has 1 N–H and O–H groups in total. The number of aromatic nitrogens is 2. The fraction of sp³-hybridized carbons (Fsp3) is 0.211. The number of benzene rings is 1. The highest BCUT2D eigenvalue weighted by molar-refractivity contribution is 7.90. The highest BCUT2D eigenvalue weighted by Crippen LogP contribution is 2.25. The van der Waals surface area contributed by atoms with Crippen LogP contribution < -0.4 is 5.32 Å². The van der Waals surface area contributed by atoms with Crippen molar-refractivity contribution in [2.45, 2.75) is 24.8 Å². The smallest absolute Gasteiger partial charge is 0.251 e. The summed E-state index contributed by atoms with van der Waals surface area (Å²) in [4.78, 5) is 22.2. The molecule has 6 nitrogen and oxygen atoms in total. The van der Waals surface area contributed by atoms with Gasteiger partial charge >= 0.3 is 0 Å². The van der Waals surface area contributed by atoms with Crippen molar-refractivity contribution in [2.24, 2.45) is 0 Å². The maximum absolute atomic E-state index is 12.8. The molecule has 28 heavy (non-hydrogen) atoms. The van der Waals surface area contributed by atoms with E-state index in [0.717, 1.165) is 16.1 Å². The lowest BCUT2D eigenvalue weighted by Gasteiger charge is -2.13. The average molecular weight is 436 g/mol. The Morgan fingerprint density at radius 1 is 1.18 bits per heavy atom. The molecule has 2 aromatic heterocycles. The number of pyridine rings is 1. The van der Waals surface area contributed by atoms with Crippen LogP contribution in [0.4, 0.5) is 0 Å². The lowest BCUT2D eigenvalue weighted by atomic mass is 10.1. The fourth-order valence-electron chi connectivity index (χ4n) is 2.57. The van der Waals surface area contributed by atoms with Crippen LogP contribution in [0.2, 0.25) is 5.02 Å². The van der Waals surface area contributed by atoms with Gasteiger partial charge < -0.3 is 5.32 Å². The first-order valence-electron chi connectivity index (χ1n) is 8.34. The zero-order chi connectivity index (χ0) is 20.5. The van der Waals surface area contributed by atoms with Crippen molar-refractivity contribution in [3.8, 4) is 11.3 Å². The van der Waals surface area contributed by atoms with Gasteiger partial charge in [-0.2, -0.15) is 0 Å². The summed E-state index contributed by atoms with van der Waals surface area (Å²) in [6.45, 7) is 3.75. The number of nitrogens with zero attached hydrogens (tertiary/aromatic N) is 2. The highest BCUT2D eigenvalue weighted by Gasteiger charge is 2.18. The van der Waals surface area contributed by atoms with Crippen molar-refractivity contribution in [2.75, 3.05) is 6.26 Å². The summed E-state index contributed by atoms with van der Waals surface area (Å²) in [6, 6.07) is 7.56. The summed E-state index contributed by atoms with van der Waals surface area (Å²) in [5, 5.41) is 4.26. The minimum atomic E-state index is -3.52. The molecule has 0 aliphatic heterocycles. The molecule has 1 amide bonds. The number of nitrogens with one attached hydrogen (secondary N) is 1. The number of hydrogen-bond acceptors (Lipinski definition) is 6. The summed E-state index contributed by atoms with van der Waals surface area (Å²) in [6.07, 6.45) is 4.30. The SMILES string of the molecule is Cc1ncc([C@@H](C)NC(=O)c2cc(-c3ccc(Cl)cn3)cc(S(C)(=O)=O)c2)s1. The number of sulfone groups is 1. The van der Waals surface area contributed by atoms with Gasteiger partial charge in [0.2, 0.25) is 0 Å². The number of carbonyl (C=O) groups is 1. The molecule has 146 valence electrons. The van der Waals surface area contributed by atoms with Crippen molar-refractivity contribution in [1.29, 1.82) is 0 Å². The number of aryl methyl sites for hydroxylation is 1. The normalized spacial score (nSPS) is 12.6. The second-order valence-electron chi connectivity index (χ2n) is 6.36. The van der Waals surface area contributed by atoms with Gasteiger partial charge in [0.05, 0.1) is 26.7 Å². The second kappa shape index (κ2) is 7.98. The first-order chi connectivity index (χ1) is 13.1. The third kappa shape index (κ3) is 4.76. The Balaban J connectivity index is 1.98. The zero-order valence-electron chi connectivity index (χ0n) is 15.4. The van der Waals surface area contributed by atoms with Crippen LogP contribution >= 0.6 is 22.9 Å². The van der Waals surface area contributed by atoms with Gasteiger partial charge in [0, 0.05) is 34.7 Å². The summed E-state index contributed by atoms with van der Waals surface area (Å²) >= 11 is 7.37. The Labute approximate surface area is 172 Å². The lowest BCUT2D eigenvalue weighted by Crippen LogP contribution is -2.26. The Morgan fingerprint density at radius 2 is 1.93 bits per heavy atom. The Bertz CT molecular complexity index is 1130. The fourth-order valence-corrected chi connectivity index (χ4v) is 4.15. The van der Waals surface area contributed by atoms with Gasteiger partial charge in [-0.1, -0.05) is 11.6 Å². The molecule has 0 bridgehead atoms. The molecule has 2 heterocycles. The van der Waals surface area contributed by atoms with Crippen molar-refractivity contribution in [3.05, 3.63) is 63.2 Å². The van der Waals surface area contributed by atoms with E-state index < -0.39 is 9.84 Å². The third-order valence-corrected chi connectivity index (χ3v) is 6.44. The molecule has 0 unspecified atom stereocenters. The largest absolute Gasteiger partial charge is 0.345 e. The van der Waals surface area contributed by atoms with Gasteiger partial charge in [-0.25, -0.2) is 13.4 Å². The van der Waals surface area contributed by atoms with Crippen LogP contribution in [0.15, 0.2) is 47.6 Å². The standard InChI is InChI=1S/C19H18ClN3O3S2/c1-11(18-10-21-12(2)27-18)23-19(24)14-6-13(7-16(8-14)28(3,25)26)17-5-4-15(20)9-22-17/h4-11H,1-3H3,(H,23,24)/t11-/m1/s1. The van der Waals surface area contributed by atoms with Crippen molar-refractivity contribution < 1.29 is 13.2 Å². The van der Waals surface area contributed by atoms with Crippen LogP contribution in [0.1, 0.15) is 33.2 Å². The monoisotopic (exact) mass is 435 g/mol. The quantitative estimate of drug-likeness (QED) is 0.652. The summed E-state index contributed by atoms with van der Waals surface area (Å²) in [5.74, 6) is -0.376. The van der Waals surface area contributed by atoms with E-state index in [9.17, 15) is 13.2 Å². The van der Waals surface area contributed by atoms with Crippen LogP contribution in [0.3, 0.4) is 0 Å². The average Bonchev–Trinajstić information content (AvgIpc) is 3.08. The molecule has 3 rings (SSSR count).